The first-order chi connectivity index (χ1) is 23.4. The summed E-state index contributed by atoms with van der Waals surface area (Å²) < 4.78 is 31.4. The number of hydrogen-bond donors (Lipinski definition) is 0. The highest BCUT2D eigenvalue weighted by Gasteiger charge is 2.53. The van der Waals surface area contributed by atoms with E-state index in [0.29, 0.717) is 16.7 Å². The molecule has 0 aromatic heterocycles. The van der Waals surface area contributed by atoms with Gasteiger partial charge in [-0.2, -0.15) is 0 Å². The molecular formula is C41H50O9. The summed E-state index contributed by atoms with van der Waals surface area (Å²) in [5, 5.41) is 0. The highest BCUT2D eigenvalue weighted by Crippen LogP contribution is 2.40. The number of hydrogen-bond acceptors (Lipinski definition) is 9. The summed E-state index contributed by atoms with van der Waals surface area (Å²) in [5.41, 5.74) is -0.130. The molecule has 0 aliphatic carbocycles. The van der Waals surface area contributed by atoms with Gasteiger partial charge in [-0.1, -0.05) is 84.9 Å². The molecule has 1 heterocycles. The van der Waals surface area contributed by atoms with Gasteiger partial charge in [-0.25, -0.2) is 0 Å². The van der Waals surface area contributed by atoms with Crippen LogP contribution in [0.5, 0.6) is 0 Å². The second kappa shape index (κ2) is 15.7. The maximum absolute atomic E-state index is 13.6. The van der Waals surface area contributed by atoms with E-state index >= 15 is 0 Å². The Morgan fingerprint density at radius 2 is 1.06 bits per heavy atom. The molecule has 0 saturated carbocycles. The molecule has 5 atom stereocenters. The molecule has 9 heteroatoms. The summed E-state index contributed by atoms with van der Waals surface area (Å²) in [4.78, 5) is 53.2. The topological polar surface area (TPSA) is 114 Å². The molecular weight excluding hydrogens is 636 g/mol. The second-order valence-electron chi connectivity index (χ2n) is 15.8. The average Bonchev–Trinajstić information content (AvgIpc) is 3.06. The second-order valence-corrected chi connectivity index (χ2v) is 15.8. The zero-order valence-electron chi connectivity index (χ0n) is 30.6. The fourth-order valence-corrected chi connectivity index (χ4v) is 5.10. The molecule has 268 valence electrons. The van der Waals surface area contributed by atoms with Crippen molar-refractivity contribution in [2.75, 3.05) is 6.61 Å². The Balaban J connectivity index is 1.82. The standard InChI is InChI=1S/C41H50O9/c1-39(2,3)36(43)47-25-30-33(49-37(44)40(4,5)6)35(50-38(45)41(7,8)9)34(46-24-26-16-12-10-13-17-26)32(48-30)29-22-20-28(21-23-29)31(42)27-18-14-11-15-19-27/h10-23,30,32-35H,24-25H2,1-9H3/t30?,32-,33+,34?,35-/m0/s1. The molecule has 0 N–H and O–H groups in total. The van der Waals surface area contributed by atoms with Crippen LogP contribution in [0.1, 0.15) is 95.5 Å². The van der Waals surface area contributed by atoms with Crippen LogP contribution in [0.2, 0.25) is 0 Å². The summed E-state index contributed by atoms with van der Waals surface area (Å²) in [6.45, 7) is 15.4. The number of ketones is 1. The van der Waals surface area contributed by atoms with Gasteiger partial charge in [0.15, 0.2) is 18.0 Å². The van der Waals surface area contributed by atoms with Crippen molar-refractivity contribution in [2.45, 2.75) is 99.4 Å². The number of carbonyl (C=O) groups is 4. The summed E-state index contributed by atoms with van der Waals surface area (Å²) in [7, 11) is 0. The molecule has 3 aromatic rings. The number of carbonyl (C=O) groups excluding carboxylic acids is 4. The molecule has 2 unspecified atom stereocenters. The quantitative estimate of drug-likeness (QED) is 0.122. The zero-order valence-corrected chi connectivity index (χ0v) is 30.6. The predicted octanol–water partition coefficient (Wildman–Crippen LogP) is 7.45. The maximum Gasteiger partial charge on any atom is 0.311 e. The van der Waals surface area contributed by atoms with E-state index in [-0.39, 0.29) is 19.0 Å². The van der Waals surface area contributed by atoms with E-state index in [1.807, 2.05) is 36.4 Å². The lowest BCUT2D eigenvalue weighted by Gasteiger charge is -2.46. The molecule has 0 bridgehead atoms. The van der Waals surface area contributed by atoms with E-state index in [0.717, 1.165) is 5.56 Å². The molecule has 0 amide bonds. The Morgan fingerprint density at radius 1 is 0.580 bits per heavy atom. The van der Waals surface area contributed by atoms with Crippen LogP contribution in [0.3, 0.4) is 0 Å². The van der Waals surface area contributed by atoms with Crippen molar-refractivity contribution in [1.29, 1.82) is 0 Å². The van der Waals surface area contributed by atoms with Gasteiger partial charge in [0, 0.05) is 11.1 Å². The Bertz CT molecular complexity index is 1610. The van der Waals surface area contributed by atoms with E-state index in [9.17, 15) is 19.2 Å². The molecule has 3 aromatic carbocycles. The molecule has 50 heavy (non-hydrogen) atoms. The van der Waals surface area contributed by atoms with Crippen LogP contribution < -0.4 is 0 Å². The minimum absolute atomic E-state index is 0.128. The van der Waals surface area contributed by atoms with Crippen LogP contribution in [-0.2, 0) is 44.7 Å². The van der Waals surface area contributed by atoms with Crippen molar-refractivity contribution in [3.8, 4) is 0 Å². The molecule has 1 saturated heterocycles. The highest BCUT2D eigenvalue weighted by atomic mass is 16.6. The van der Waals surface area contributed by atoms with Crippen molar-refractivity contribution >= 4 is 23.7 Å². The van der Waals surface area contributed by atoms with Crippen LogP contribution >= 0.6 is 0 Å². The molecule has 1 fully saturated rings. The number of benzene rings is 3. The van der Waals surface area contributed by atoms with Crippen LogP contribution in [0, 0.1) is 16.2 Å². The van der Waals surface area contributed by atoms with E-state index in [2.05, 4.69) is 0 Å². The van der Waals surface area contributed by atoms with Crippen molar-refractivity contribution in [2.24, 2.45) is 16.2 Å². The largest absolute Gasteiger partial charge is 0.462 e. The van der Waals surface area contributed by atoms with E-state index < -0.39 is 64.7 Å². The van der Waals surface area contributed by atoms with Gasteiger partial charge in [0.05, 0.1) is 22.9 Å². The molecule has 4 rings (SSSR count). The van der Waals surface area contributed by atoms with Crippen LogP contribution in [0.4, 0.5) is 0 Å². The zero-order chi connectivity index (χ0) is 36.9. The lowest BCUT2D eigenvalue weighted by atomic mass is 9.88. The summed E-state index contributed by atoms with van der Waals surface area (Å²) >= 11 is 0. The average molecular weight is 687 g/mol. The fraction of sp³-hybridized carbons (Fsp3) is 0.463. The van der Waals surface area contributed by atoms with Gasteiger partial charge in [0.1, 0.15) is 24.9 Å². The Kier molecular flexibility index (Phi) is 12.1. The van der Waals surface area contributed by atoms with E-state index in [1.165, 1.54) is 0 Å². The lowest BCUT2D eigenvalue weighted by molar-refractivity contribution is -0.265. The first kappa shape index (κ1) is 38.5. The third kappa shape index (κ3) is 9.88. The fourth-order valence-electron chi connectivity index (χ4n) is 5.10. The first-order valence-electron chi connectivity index (χ1n) is 17.0. The van der Waals surface area contributed by atoms with Crippen molar-refractivity contribution < 1.29 is 42.9 Å². The van der Waals surface area contributed by atoms with Crippen molar-refractivity contribution in [1.82, 2.24) is 0 Å². The maximum atomic E-state index is 13.6. The van der Waals surface area contributed by atoms with Crippen LogP contribution in [-0.4, -0.2) is 54.7 Å². The Hall–Kier alpha value is -4.34. The van der Waals surface area contributed by atoms with Gasteiger partial charge in [0.2, 0.25) is 0 Å². The Labute approximate surface area is 295 Å². The molecule has 9 nitrogen and oxygen atoms in total. The van der Waals surface area contributed by atoms with Crippen molar-refractivity contribution in [3.05, 3.63) is 107 Å². The normalized spacial score (nSPS) is 21.2. The number of ether oxygens (including phenoxy) is 5. The number of esters is 3. The first-order valence-corrected chi connectivity index (χ1v) is 17.0. The smallest absolute Gasteiger partial charge is 0.311 e. The van der Waals surface area contributed by atoms with Gasteiger partial charge in [-0.15, -0.1) is 0 Å². The summed E-state index contributed by atoms with van der Waals surface area (Å²) in [6, 6.07) is 25.4. The number of rotatable bonds is 10. The van der Waals surface area contributed by atoms with E-state index in [1.54, 1.807) is 111 Å². The lowest BCUT2D eigenvalue weighted by Crippen LogP contribution is -2.60. The third-order valence-electron chi connectivity index (χ3n) is 8.16. The predicted molar refractivity (Wildman–Crippen MR) is 188 cm³/mol. The van der Waals surface area contributed by atoms with Gasteiger partial charge < -0.3 is 23.7 Å². The third-order valence-corrected chi connectivity index (χ3v) is 8.16. The van der Waals surface area contributed by atoms with Gasteiger partial charge in [-0.05, 0) is 73.4 Å². The summed E-state index contributed by atoms with van der Waals surface area (Å²) in [6.07, 6.45) is -5.28. The van der Waals surface area contributed by atoms with Gasteiger partial charge in [-0.3, -0.25) is 19.2 Å². The van der Waals surface area contributed by atoms with Gasteiger partial charge >= 0.3 is 17.9 Å². The van der Waals surface area contributed by atoms with Crippen molar-refractivity contribution in [3.63, 3.8) is 0 Å². The highest BCUT2D eigenvalue weighted by molar-refractivity contribution is 6.08. The van der Waals surface area contributed by atoms with Crippen LogP contribution in [0.25, 0.3) is 0 Å². The van der Waals surface area contributed by atoms with E-state index in [4.69, 9.17) is 23.7 Å². The minimum atomic E-state index is -1.20. The minimum Gasteiger partial charge on any atom is -0.462 e. The molecule has 0 spiro atoms. The molecule has 0 radical (unpaired) electrons. The van der Waals surface area contributed by atoms with Gasteiger partial charge in [0.25, 0.3) is 0 Å². The monoisotopic (exact) mass is 686 g/mol. The molecule has 1 aliphatic rings. The van der Waals surface area contributed by atoms with Crippen LogP contribution in [0.15, 0.2) is 84.9 Å². The summed E-state index contributed by atoms with van der Waals surface area (Å²) in [5.74, 6) is -1.72. The SMILES string of the molecule is CC(C)(C)C(=O)OCC1O[C@@H](c2ccc(C(=O)c3ccccc3)cc2)C(OCc2ccccc2)[C@@H](OC(=O)C(C)(C)C)[C@@H]1OC(=O)C(C)(C)C. The Morgan fingerprint density at radius 3 is 1.58 bits per heavy atom. The molecule has 1 aliphatic heterocycles.